The summed E-state index contributed by atoms with van der Waals surface area (Å²) in [6.45, 7) is 7.72. The Balaban J connectivity index is 1.74. The molecule has 0 bridgehead atoms. The Hall–Kier alpha value is -3.95. The number of benzene rings is 1. The van der Waals surface area contributed by atoms with Crippen LogP contribution < -0.4 is 14.8 Å². The van der Waals surface area contributed by atoms with Crippen LogP contribution >= 0.6 is 0 Å². The number of ether oxygens (including phenoxy) is 3. The lowest BCUT2D eigenvalue weighted by Crippen LogP contribution is -2.29. The van der Waals surface area contributed by atoms with Gasteiger partial charge in [-0.2, -0.15) is 4.98 Å². The van der Waals surface area contributed by atoms with Crippen molar-refractivity contribution >= 4 is 12.1 Å². The molecule has 34 heavy (non-hydrogen) atoms. The molecule has 0 unspecified atom stereocenters. The fraction of sp³-hybridized carbons (Fsp3) is 0.375. The zero-order chi connectivity index (χ0) is 24.7. The van der Waals surface area contributed by atoms with Gasteiger partial charge in [-0.1, -0.05) is 38.1 Å². The van der Waals surface area contributed by atoms with E-state index in [4.69, 9.17) is 18.7 Å². The molecule has 3 aromatic rings. The van der Waals surface area contributed by atoms with Crippen molar-refractivity contribution in [1.29, 1.82) is 0 Å². The maximum absolute atomic E-state index is 13.0. The van der Waals surface area contributed by atoms with E-state index >= 15 is 0 Å². The third-order valence-electron chi connectivity index (χ3n) is 4.81. The first-order valence-electron chi connectivity index (χ1n) is 10.9. The molecular weight excluding hydrogens is 440 g/mol. The Morgan fingerprint density at radius 2 is 1.85 bits per heavy atom. The summed E-state index contributed by atoms with van der Waals surface area (Å²) in [5.74, 6) is 0.146. The summed E-state index contributed by atoms with van der Waals surface area (Å²) in [7, 11) is 1.39. The molecule has 10 nitrogen and oxygen atoms in total. The van der Waals surface area contributed by atoms with Gasteiger partial charge in [-0.05, 0) is 37.0 Å². The van der Waals surface area contributed by atoms with E-state index in [0.717, 1.165) is 12.0 Å². The maximum atomic E-state index is 13.0. The van der Waals surface area contributed by atoms with Gasteiger partial charge in [-0.25, -0.2) is 9.78 Å². The van der Waals surface area contributed by atoms with Crippen LogP contribution in [0.3, 0.4) is 0 Å². The summed E-state index contributed by atoms with van der Waals surface area (Å²) < 4.78 is 20.9. The average Bonchev–Trinajstić information content (AvgIpc) is 3.33. The molecule has 1 atom stereocenters. The molecule has 10 heteroatoms. The molecule has 0 radical (unpaired) electrons. The van der Waals surface area contributed by atoms with Crippen molar-refractivity contribution in [2.75, 3.05) is 13.7 Å². The normalized spacial score (nSPS) is 11.7. The molecule has 1 amide bonds. The first-order chi connectivity index (χ1) is 16.3. The van der Waals surface area contributed by atoms with Crippen LogP contribution in [-0.2, 0) is 11.2 Å². The van der Waals surface area contributed by atoms with Gasteiger partial charge in [0, 0.05) is 17.8 Å². The summed E-state index contributed by atoms with van der Waals surface area (Å²) in [6.07, 6.45) is 1.34. The average molecular weight is 469 g/mol. The number of carbonyl (C=O) groups is 2. The Morgan fingerprint density at radius 1 is 1.12 bits per heavy atom. The van der Waals surface area contributed by atoms with Gasteiger partial charge in [0.05, 0.1) is 19.8 Å². The van der Waals surface area contributed by atoms with Crippen molar-refractivity contribution < 1.29 is 28.3 Å². The van der Waals surface area contributed by atoms with Gasteiger partial charge in [0.1, 0.15) is 0 Å². The Labute approximate surface area is 197 Å². The zero-order valence-electron chi connectivity index (χ0n) is 19.8. The molecule has 0 aliphatic heterocycles. The third kappa shape index (κ3) is 6.09. The van der Waals surface area contributed by atoms with Crippen LogP contribution in [0, 0.1) is 5.92 Å². The van der Waals surface area contributed by atoms with Gasteiger partial charge in [0.25, 0.3) is 11.8 Å². The van der Waals surface area contributed by atoms with Gasteiger partial charge >= 0.3 is 6.16 Å². The Bertz CT molecular complexity index is 1130. The van der Waals surface area contributed by atoms with E-state index in [9.17, 15) is 9.59 Å². The van der Waals surface area contributed by atoms with Crippen molar-refractivity contribution in [1.82, 2.24) is 20.4 Å². The number of hydrogen-bond donors (Lipinski definition) is 1. The van der Waals surface area contributed by atoms with Crippen molar-refractivity contribution in [2.24, 2.45) is 5.92 Å². The van der Waals surface area contributed by atoms with E-state index < -0.39 is 18.1 Å². The molecule has 0 saturated carbocycles. The second-order valence-electron chi connectivity index (χ2n) is 7.95. The van der Waals surface area contributed by atoms with Crippen LogP contribution in [0.1, 0.15) is 55.6 Å². The summed E-state index contributed by atoms with van der Waals surface area (Å²) in [5, 5.41) is 6.71. The molecule has 2 aromatic heterocycles. The number of aromatic nitrogens is 3. The monoisotopic (exact) mass is 468 g/mol. The predicted octanol–water partition coefficient (Wildman–Crippen LogP) is 4.37. The molecule has 2 heterocycles. The summed E-state index contributed by atoms with van der Waals surface area (Å²) in [6, 6.07) is 8.65. The van der Waals surface area contributed by atoms with Crippen LogP contribution in [0.4, 0.5) is 4.79 Å². The van der Waals surface area contributed by atoms with E-state index in [1.54, 1.807) is 6.92 Å². The first-order valence-corrected chi connectivity index (χ1v) is 10.9. The van der Waals surface area contributed by atoms with Gasteiger partial charge in [-0.3, -0.25) is 4.79 Å². The highest BCUT2D eigenvalue weighted by molar-refractivity contribution is 5.96. The minimum absolute atomic E-state index is 0.122. The first kappa shape index (κ1) is 24.7. The summed E-state index contributed by atoms with van der Waals surface area (Å²) >= 11 is 0. The van der Waals surface area contributed by atoms with Crippen LogP contribution in [0.25, 0.3) is 11.5 Å². The van der Waals surface area contributed by atoms with Gasteiger partial charge in [0.15, 0.2) is 17.3 Å². The quantitative estimate of drug-likeness (QED) is 0.456. The number of amides is 1. The Morgan fingerprint density at radius 3 is 2.50 bits per heavy atom. The van der Waals surface area contributed by atoms with Gasteiger partial charge in [-0.15, -0.1) is 0 Å². The topological polar surface area (TPSA) is 126 Å². The third-order valence-corrected chi connectivity index (χ3v) is 4.81. The molecule has 0 spiro atoms. The number of aryl methyl sites for hydroxylation is 1. The number of nitrogens with zero attached hydrogens (tertiary/aromatic N) is 3. The highest BCUT2D eigenvalue weighted by atomic mass is 16.7. The maximum Gasteiger partial charge on any atom is 0.514 e. The van der Waals surface area contributed by atoms with Crippen LogP contribution in [0.2, 0.25) is 0 Å². The minimum atomic E-state index is -0.959. The van der Waals surface area contributed by atoms with Gasteiger partial charge < -0.3 is 24.1 Å². The van der Waals surface area contributed by atoms with E-state index in [0.29, 0.717) is 5.89 Å². The van der Waals surface area contributed by atoms with Crippen molar-refractivity contribution in [2.45, 2.75) is 40.2 Å². The number of rotatable bonds is 9. The van der Waals surface area contributed by atoms with E-state index in [-0.39, 0.29) is 35.5 Å². The van der Waals surface area contributed by atoms with Crippen molar-refractivity contribution in [3.05, 3.63) is 53.6 Å². The predicted molar refractivity (Wildman–Crippen MR) is 123 cm³/mol. The lowest BCUT2D eigenvalue weighted by atomic mass is 10.1. The molecule has 180 valence electrons. The summed E-state index contributed by atoms with van der Waals surface area (Å²) in [4.78, 5) is 33.5. The van der Waals surface area contributed by atoms with Crippen LogP contribution in [0.5, 0.6) is 11.5 Å². The van der Waals surface area contributed by atoms with E-state index in [1.165, 1.54) is 24.9 Å². The molecule has 0 aliphatic rings. The molecule has 0 saturated heterocycles. The Kier molecular flexibility index (Phi) is 8.18. The molecule has 0 aliphatic carbocycles. The second-order valence-corrected chi connectivity index (χ2v) is 7.95. The fourth-order valence-electron chi connectivity index (χ4n) is 2.94. The van der Waals surface area contributed by atoms with Crippen molar-refractivity contribution in [3.8, 4) is 23.0 Å². The standard InChI is InChI=1S/C24H28N4O6/c1-6-16-7-9-17(10-8-16)23-27-21(28-34-23)15(4)26-22(29)19-20(18(31-5)11-12-25-19)33-24(30)32-13-14(2)3/h7-12,14-15H,6,13H2,1-5H3,(H,26,29)/t15-/m0/s1. The van der Waals surface area contributed by atoms with Crippen molar-refractivity contribution in [3.63, 3.8) is 0 Å². The number of hydrogen-bond acceptors (Lipinski definition) is 9. The number of methoxy groups -OCH3 is 1. The van der Waals surface area contributed by atoms with E-state index in [1.807, 2.05) is 38.1 Å². The number of pyridine rings is 1. The molecule has 1 aromatic carbocycles. The lowest BCUT2D eigenvalue weighted by Gasteiger charge is -2.15. The smallest absolute Gasteiger partial charge is 0.493 e. The second kappa shape index (κ2) is 11.3. The minimum Gasteiger partial charge on any atom is -0.493 e. The lowest BCUT2D eigenvalue weighted by molar-refractivity contribution is 0.0852. The number of carbonyl (C=O) groups excluding carboxylic acids is 2. The SMILES string of the molecule is CCc1ccc(-c2nc([C@H](C)NC(=O)c3nccc(OC)c3OC(=O)OCC(C)C)no2)cc1. The highest BCUT2D eigenvalue weighted by Gasteiger charge is 2.25. The highest BCUT2D eigenvalue weighted by Crippen LogP contribution is 2.30. The van der Waals surface area contributed by atoms with Crippen LogP contribution in [0.15, 0.2) is 41.1 Å². The molecule has 1 N–H and O–H groups in total. The molecule has 3 rings (SSSR count). The molecule has 0 fully saturated rings. The fourth-order valence-corrected chi connectivity index (χ4v) is 2.94. The van der Waals surface area contributed by atoms with Gasteiger partial charge in [0.2, 0.25) is 5.75 Å². The van der Waals surface area contributed by atoms with E-state index in [2.05, 4.69) is 27.4 Å². The molecular formula is C24H28N4O6. The largest absolute Gasteiger partial charge is 0.514 e. The number of nitrogens with one attached hydrogen (secondary N) is 1. The zero-order valence-corrected chi connectivity index (χ0v) is 19.8. The van der Waals surface area contributed by atoms with Crippen LogP contribution in [-0.4, -0.2) is 40.9 Å². The summed E-state index contributed by atoms with van der Waals surface area (Å²) in [5.41, 5.74) is 1.83.